The maximum absolute atomic E-state index is 11.4. The number of amides is 1. The molecule has 0 spiro atoms. The molecular formula is C14H20N2O2S. The lowest BCUT2D eigenvalue weighted by molar-refractivity contribution is -0.119. The number of nitrogens with one attached hydrogen (secondary N) is 2. The Kier molecular flexibility index (Phi) is 5.54. The fourth-order valence-electron chi connectivity index (χ4n) is 2.06. The summed E-state index contributed by atoms with van der Waals surface area (Å²) in [5.41, 5.74) is 1.91. The highest BCUT2D eigenvalue weighted by molar-refractivity contribution is 7.99. The van der Waals surface area contributed by atoms with Crippen molar-refractivity contribution in [2.75, 3.05) is 35.9 Å². The van der Waals surface area contributed by atoms with Gasteiger partial charge in [-0.2, -0.15) is 11.8 Å². The second-order valence-electron chi connectivity index (χ2n) is 4.59. The fourth-order valence-corrected chi connectivity index (χ4v) is 3.16. The second kappa shape index (κ2) is 7.40. The van der Waals surface area contributed by atoms with Crippen molar-refractivity contribution in [3.63, 3.8) is 0 Å². The molecule has 0 unspecified atom stereocenters. The highest BCUT2D eigenvalue weighted by Gasteiger charge is 2.12. The van der Waals surface area contributed by atoms with Gasteiger partial charge in [0.2, 0.25) is 5.91 Å². The molecule has 0 bridgehead atoms. The van der Waals surface area contributed by atoms with Crippen molar-refractivity contribution in [2.45, 2.75) is 18.9 Å². The summed E-state index contributed by atoms with van der Waals surface area (Å²) < 4.78 is 4.77. The number of thioether (sulfide) groups is 1. The Balaban J connectivity index is 1.85. The molecule has 1 aromatic rings. The first kappa shape index (κ1) is 14.2. The summed E-state index contributed by atoms with van der Waals surface area (Å²) in [7, 11) is 1.51. The van der Waals surface area contributed by atoms with Gasteiger partial charge in [0.1, 0.15) is 6.61 Å². The van der Waals surface area contributed by atoms with Crippen molar-refractivity contribution in [1.82, 2.24) is 0 Å². The largest absolute Gasteiger partial charge is 0.382 e. The van der Waals surface area contributed by atoms with Gasteiger partial charge < -0.3 is 15.4 Å². The second-order valence-corrected chi connectivity index (χ2v) is 5.81. The first-order chi connectivity index (χ1) is 9.28. The van der Waals surface area contributed by atoms with Gasteiger partial charge in [-0.1, -0.05) is 0 Å². The van der Waals surface area contributed by atoms with Crippen molar-refractivity contribution in [3.8, 4) is 0 Å². The van der Waals surface area contributed by atoms with Gasteiger partial charge >= 0.3 is 0 Å². The smallest absolute Gasteiger partial charge is 0.250 e. The number of benzene rings is 1. The summed E-state index contributed by atoms with van der Waals surface area (Å²) in [6.45, 7) is 0.0831. The maximum atomic E-state index is 11.4. The minimum atomic E-state index is -0.132. The molecule has 2 rings (SSSR count). The van der Waals surface area contributed by atoms with Gasteiger partial charge in [0.15, 0.2) is 0 Å². The Morgan fingerprint density at radius 3 is 2.53 bits per heavy atom. The standard InChI is InChI=1S/C14H20N2O2S/c1-18-10-14(17)16-12-4-2-11(3-5-12)15-13-6-8-19-9-7-13/h2-5,13,15H,6-10H2,1H3,(H,16,17). The zero-order valence-corrected chi connectivity index (χ0v) is 12.0. The van der Waals surface area contributed by atoms with E-state index in [1.165, 1.54) is 31.5 Å². The van der Waals surface area contributed by atoms with Crippen LogP contribution in [0.2, 0.25) is 0 Å². The molecule has 1 aliphatic rings. The molecule has 1 aliphatic heterocycles. The number of hydrogen-bond acceptors (Lipinski definition) is 4. The van der Waals surface area contributed by atoms with Crippen LogP contribution in [0.4, 0.5) is 11.4 Å². The number of carbonyl (C=O) groups excluding carboxylic acids is 1. The Morgan fingerprint density at radius 1 is 1.26 bits per heavy atom. The van der Waals surface area contributed by atoms with E-state index in [0.29, 0.717) is 6.04 Å². The lowest BCUT2D eigenvalue weighted by Gasteiger charge is -2.23. The summed E-state index contributed by atoms with van der Waals surface area (Å²) in [6.07, 6.45) is 2.44. The molecule has 19 heavy (non-hydrogen) atoms. The number of rotatable bonds is 5. The summed E-state index contributed by atoms with van der Waals surface area (Å²) in [5, 5.41) is 6.31. The third-order valence-corrected chi connectivity index (χ3v) is 4.08. The van der Waals surface area contributed by atoms with E-state index in [4.69, 9.17) is 4.74 Å². The highest BCUT2D eigenvalue weighted by atomic mass is 32.2. The summed E-state index contributed by atoms with van der Waals surface area (Å²) in [5.74, 6) is 2.35. The van der Waals surface area contributed by atoms with Crippen LogP contribution in [0.15, 0.2) is 24.3 Å². The topological polar surface area (TPSA) is 50.4 Å². The lowest BCUT2D eigenvalue weighted by atomic mass is 10.1. The first-order valence-electron chi connectivity index (χ1n) is 6.51. The third kappa shape index (κ3) is 4.76. The zero-order valence-electron chi connectivity index (χ0n) is 11.1. The normalized spacial score (nSPS) is 16.1. The molecule has 0 saturated carbocycles. The third-order valence-electron chi connectivity index (χ3n) is 3.04. The van der Waals surface area contributed by atoms with Crippen LogP contribution in [0.25, 0.3) is 0 Å². The van der Waals surface area contributed by atoms with Crippen LogP contribution in [-0.4, -0.2) is 37.2 Å². The van der Waals surface area contributed by atoms with Crippen molar-refractivity contribution in [1.29, 1.82) is 0 Å². The molecule has 1 heterocycles. The molecule has 5 heteroatoms. The predicted octanol–water partition coefficient (Wildman–Crippen LogP) is 2.58. The molecule has 1 aromatic carbocycles. The zero-order chi connectivity index (χ0) is 13.5. The van der Waals surface area contributed by atoms with E-state index >= 15 is 0 Å². The average molecular weight is 280 g/mol. The minimum absolute atomic E-state index is 0.0831. The maximum Gasteiger partial charge on any atom is 0.250 e. The van der Waals surface area contributed by atoms with Crippen LogP contribution in [0, 0.1) is 0 Å². The fraction of sp³-hybridized carbons (Fsp3) is 0.500. The van der Waals surface area contributed by atoms with Gasteiger partial charge in [0.25, 0.3) is 0 Å². The Morgan fingerprint density at radius 2 is 1.89 bits per heavy atom. The van der Waals surface area contributed by atoms with Crippen LogP contribution in [-0.2, 0) is 9.53 Å². The SMILES string of the molecule is COCC(=O)Nc1ccc(NC2CCSCC2)cc1. The number of methoxy groups -OCH3 is 1. The molecule has 1 fully saturated rings. The van der Waals surface area contributed by atoms with Crippen LogP contribution >= 0.6 is 11.8 Å². The van der Waals surface area contributed by atoms with Crippen LogP contribution in [0.5, 0.6) is 0 Å². The van der Waals surface area contributed by atoms with Crippen molar-refractivity contribution in [2.24, 2.45) is 0 Å². The van der Waals surface area contributed by atoms with Crippen molar-refractivity contribution >= 4 is 29.0 Å². The molecule has 2 N–H and O–H groups in total. The predicted molar refractivity (Wildman–Crippen MR) is 80.9 cm³/mol. The molecule has 0 atom stereocenters. The Hall–Kier alpha value is -1.20. The van der Waals surface area contributed by atoms with Crippen LogP contribution in [0.3, 0.4) is 0 Å². The lowest BCUT2D eigenvalue weighted by Crippen LogP contribution is -2.24. The van der Waals surface area contributed by atoms with Gasteiger partial charge in [-0.15, -0.1) is 0 Å². The van der Waals surface area contributed by atoms with E-state index in [0.717, 1.165) is 11.4 Å². The molecule has 1 amide bonds. The molecule has 0 aliphatic carbocycles. The van der Waals surface area contributed by atoms with E-state index in [1.807, 2.05) is 36.0 Å². The molecular weight excluding hydrogens is 260 g/mol. The van der Waals surface area contributed by atoms with Crippen molar-refractivity contribution < 1.29 is 9.53 Å². The van der Waals surface area contributed by atoms with Crippen LogP contribution < -0.4 is 10.6 Å². The van der Waals surface area contributed by atoms with Gasteiger partial charge in [-0.25, -0.2) is 0 Å². The van der Waals surface area contributed by atoms with Gasteiger partial charge in [0.05, 0.1) is 0 Å². The molecule has 0 radical (unpaired) electrons. The van der Waals surface area contributed by atoms with Gasteiger partial charge in [-0.3, -0.25) is 4.79 Å². The number of anilines is 2. The number of hydrogen-bond donors (Lipinski definition) is 2. The van der Waals surface area contributed by atoms with E-state index in [2.05, 4.69) is 10.6 Å². The minimum Gasteiger partial charge on any atom is -0.382 e. The highest BCUT2D eigenvalue weighted by Crippen LogP contribution is 2.21. The Bertz CT molecular complexity index is 402. The van der Waals surface area contributed by atoms with Crippen molar-refractivity contribution in [3.05, 3.63) is 24.3 Å². The summed E-state index contributed by atoms with van der Waals surface area (Å²) in [6, 6.07) is 8.41. The van der Waals surface area contributed by atoms with Gasteiger partial charge in [-0.05, 0) is 48.6 Å². The molecule has 4 nitrogen and oxygen atoms in total. The van der Waals surface area contributed by atoms with E-state index in [9.17, 15) is 4.79 Å². The number of carbonyl (C=O) groups is 1. The van der Waals surface area contributed by atoms with E-state index in [-0.39, 0.29) is 12.5 Å². The quantitative estimate of drug-likeness (QED) is 0.870. The first-order valence-corrected chi connectivity index (χ1v) is 7.66. The molecule has 0 aromatic heterocycles. The monoisotopic (exact) mass is 280 g/mol. The van der Waals surface area contributed by atoms with E-state index in [1.54, 1.807) is 0 Å². The van der Waals surface area contributed by atoms with Gasteiger partial charge in [0, 0.05) is 24.5 Å². The average Bonchev–Trinajstić information content (AvgIpc) is 2.42. The molecule has 1 saturated heterocycles. The Labute approximate surface area is 118 Å². The number of ether oxygens (including phenoxy) is 1. The van der Waals surface area contributed by atoms with Crippen LogP contribution in [0.1, 0.15) is 12.8 Å². The summed E-state index contributed by atoms with van der Waals surface area (Å²) >= 11 is 2.02. The van der Waals surface area contributed by atoms with E-state index < -0.39 is 0 Å². The molecule has 104 valence electrons. The summed E-state index contributed by atoms with van der Waals surface area (Å²) in [4.78, 5) is 11.4.